The van der Waals surface area contributed by atoms with Gasteiger partial charge in [0.15, 0.2) is 0 Å². The van der Waals surface area contributed by atoms with Crippen LogP contribution >= 0.6 is 0 Å². The van der Waals surface area contributed by atoms with Crippen molar-refractivity contribution in [3.05, 3.63) is 71.6 Å². The first-order valence-electron chi connectivity index (χ1n) is 22.6. The summed E-state index contributed by atoms with van der Waals surface area (Å²) in [6, 6.07) is 11.2. The van der Waals surface area contributed by atoms with Crippen LogP contribution in [0.1, 0.15) is 134 Å². The van der Waals surface area contributed by atoms with Crippen molar-refractivity contribution in [1.29, 1.82) is 0 Å². The van der Waals surface area contributed by atoms with Gasteiger partial charge in [-0.25, -0.2) is 19.6 Å². The van der Waals surface area contributed by atoms with Gasteiger partial charge < -0.3 is 39.9 Å². The van der Waals surface area contributed by atoms with Crippen molar-refractivity contribution in [3.63, 3.8) is 0 Å². The summed E-state index contributed by atoms with van der Waals surface area (Å²) in [7, 11) is 2.61. The Morgan fingerprint density at radius 1 is 0.651 bits per heavy atom. The quantitative estimate of drug-likeness (QED) is 0.116. The van der Waals surface area contributed by atoms with Gasteiger partial charge in [-0.1, -0.05) is 91.8 Å². The zero-order valence-corrected chi connectivity index (χ0v) is 38.4. The van der Waals surface area contributed by atoms with Gasteiger partial charge in [0.05, 0.1) is 50.1 Å². The molecule has 14 heteroatoms. The standard InChI is InChI=1S/C49H64N8O6/c1-26(2)40(54-46(60)62-9)44(58)56-24-48(5,6)20-36(56)42-50-22-34(52-42)29-13-11-28(12-14-29)32-17-18-33(39-31-16-15-30(19-31)38(32)39)35-23-51-43(53-35)37-21-49(7,8)25-57(37)45(59)41(27(3)4)55-47(61)63-10/h11-14,17-18,22-23,26-27,30-31,36-37,40-41H,15-16,19-21,24-25H2,1-10H3,(H,50,52)(H,51,53)(H,54,60)(H,55,61)/t30?,31?,36-,37-,40-,41-/m0/s1. The third-order valence-corrected chi connectivity index (χ3v) is 13.9. The van der Waals surface area contributed by atoms with Crippen LogP contribution in [0, 0.1) is 22.7 Å². The zero-order chi connectivity index (χ0) is 45.1. The van der Waals surface area contributed by atoms with Crippen LogP contribution in [0.3, 0.4) is 0 Å². The average Bonchev–Trinajstić information content (AvgIpc) is 4.12. The topological polar surface area (TPSA) is 175 Å². The molecule has 2 saturated heterocycles. The normalized spacial score (nSPS) is 22.9. The number of rotatable bonds is 11. The number of ether oxygens (including phenoxy) is 2. The second kappa shape index (κ2) is 16.8. The SMILES string of the molecule is COC(=O)N[C@H](C(=O)N1CC(C)(C)C[C@H]1c1ncc(-c2ccc(-c3ccc(-c4cnc([C@@H]5CC(C)(C)CN5C(=O)[C@@H](NC(=O)OC)C(C)C)[nH]4)c4c3C3CCC4C3)cc2)[nH]1)C(C)C. The summed E-state index contributed by atoms with van der Waals surface area (Å²) >= 11 is 0. The van der Waals surface area contributed by atoms with Crippen LogP contribution in [0.4, 0.5) is 9.59 Å². The Morgan fingerprint density at radius 3 is 1.56 bits per heavy atom. The molecule has 2 aliphatic heterocycles. The first-order chi connectivity index (χ1) is 29.9. The van der Waals surface area contributed by atoms with E-state index in [0.29, 0.717) is 24.9 Å². The Bertz CT molecular complexity index is 2380. The summed E-state index contributed by atoms with van der Waals surface area (Å²) in [6.07, 6.45) is 7.50. The molecule has 2 bridgehead atoms. The minimum absolute atomic E-state index is 0.124. The molecule has 4 heterocycles. The molecule has 2 unspecified atom stereocenters. The van der Waals surface area contributed by atoms with E-state index in [1.54, 1.807) is 0 Å². The second-order valence-electron chi connectivity index (χ2n) is 20.6. The van der Waals surface area contributed by atoms with Crippen molar-refractivity contribution in [2.75, 3.05) is 27.3 Å². The van der Waals surface area contributed by atoms with Crippen LogP contribution < -0.4 is 10.6 Å². The number of alkyl carbamates (subject to hydrolysis) is 2. The first-order valence-corrected chi connectivity index (χ1v) is 22.6. The molecule has 1 saturated carbocycles. The second-order valence-corrected chi connectivity index (χ2v) is 20.6. The molecule has 0 spiro atoms. The van der Waals surface area contributed by atoms with E-state index < -0.39 is 24.3 Å². The van der Waals surface area contributed by atoms with Crippen molar-refractivity contribution >= 4 is 24.0 Å². The van der Waals surface area contributed by atoms with Crippen LogP contribution in [0.5, 0.6) is 0 Å². The average molecular weight is 861 g/mol. The summed E-state index contributed by atoms with van der Waals surface area (Å²) < 4.78 is 9.68. The lowest BCUT2D eigenvalue weighted by atomic mass is 9.82. The highest BCUT2D eigenvalue weighted by Gasteiger charge is 2.47. The molecule has 63 heavy (non-hydrogen) atoms. The maximum absolute atomic E-state index is 14.1. The molecular weight excluding hydrogens is 797 g/mol. The van der Waals surface area contributed by atoms with E-state index in [4.69, 9.17) is 19.4 Å². The first kappa shape index (κ1) is 44.0. The van der Waals surface area contributed by atoms with Crippen molar-refractivity contribution in [1.82, 2.24) is 40.4 Å². The molecule has 14 nitrogen and oxygen atoms in total. The molecule has 8 rings (SSSR count). The number of imidazole rings is 2. The minimum Gasteiger partial charge on any atom is -0.453 e. The molecule has 336 valence electrons. The third-order valence-electron chi connectivity index (χ3n) is 13.9. The van der Waals surface area contributed by atoms with Gasteiger partial charge in [-0.05, 0) is 94.4 Å². The number of amides is 4. The maximum Gasteiger partial charge on any atom is 0.407 e. The number of methoxy groups -OCH3 is 2. The van der Waals surface area contributed by atoms with Crippen molar-refractivity contribution in [2.24, 2.45) is 22.7 Å². The van der Waals surface area contributed by atoms with Gasteiger partial charge in [-0.15, -0.1) is 0 Å². The van der Waals surface area contributed by atoms with Crippen LogP contribution in [0.2, 0.25) is 0 Å². The lowest BCUT2D eigenvalue weighted by molar-refractivity contribution is -0.136. The highest BCUT2D eigenvalue weighted by atomic mass is 16.5. The number of H-pyrrole nitrogens is 2. The van der Waals surface area contributed by atoms with Gasteiger partial charge in [0.1, 0.15) is 23.7 Å². The van der Waals surface area contributed by atoms with Gasteiger partial charge in [-0.2, -0.15) is 0 Å². The number of carbonyl (C=O) groups is 4. The molecule has 4 aliphatic rings. The van der Waals surface area contributed by atoms with Crippen molar-refractivity contribution in [2.45, 2.75) is 123 Å². The fourth-order valence-corrected chi connectivity index (χ4v) is 10.9. The molecule has 4 aromatic rings. The lowest BCUT2D eigenvalue weighted by Crippen LogP contribution is -2.51. The van der Waals surface area contributed by atoms with E-state index in [0.717, 1.165) is 53.4 Å². The summed E-state index contributed by atoms with van der Waals surface area (Å²) in [6.45, 7) is 17.4. The van der Waals surface area contributed by atoms with E-state index in [1.807, 2.05) is 49.9 Å². The monoisotopic (exact) mass is 860 g/mol. The van der Waals surface area contributed by atoms with Gasteiger partial charge in [0.2, 0.25) is 11.8 Å². The van der Waals surface area contributed by atoms with E-state index in [1.165, 1.54) is 49.3 Å². The third kappa shape index (κ3) is 8.45. The molecular formula is C49H64N8O6. The van der Waals surface area contributed by atoms with Gasteiger partial charge in [0, 0.05) is 18.7 Å². The number of aromatic amines is 2. The Kier molecular flexibility index (Phi) is 11.7. The van der Waals surface area contributed by atoms with Crippen LogP contribution in [-0.2, 0) is 19.1 Å². The number of carbonyl (C=O) groups excluding carboxylic acids is 4. The highest BCUT2D eigenvalue weighted by Crippen LogP contribution is 2.58. The van der Waals surface area contributed by atoms with E-state index in [-0.39, 0.29) is 46.6 Å². The summed E-state index contributed by atoms with van der Waals surface area (Å²) in [5, 5.41) is 5.51. The number of likely N-dealkylation sites (tertiary alicyclic amines) is 2. The number of hydrogen-bond acceptors (Lipinski definition) is 8. The van der Waals surface area contributed by atoms with E-state index in [9.17, 15) is 19.2 Å². The van der Waals surface area contributed by atoms with Crippen molar-refractivity contribution < 1.29 is 28.7 Å². The van der Waals surface area contributed by atoms with Crippen LogP contribution in [0.15, 0.2) is 48.8 Å². The molecule has 2 aliphatic carbocycles. The number of aromatic nitrogens is 4. The summed E-state index contributed by atoms with van der Waals surface area (Å²) in [4.78, 5) is 73.1. The molecule has 2 aromatic carbocycles. The van der Waals surface area contributed by atoms with Gasteiger partial charge in [-0.3, -0.25) is 9.59 Å². The number of benzene rings is 2. The Labute approximate surface area is 370 Å². The van der Waals surface area contributed by atoms with E-state index in [2.05, 4.69) is 84.7 Å². The van der Waals surface area contributed by atoms with Crippen LogP contribution in [0.25, 0.3) is 33.6 Å². The smallest absolute Gasteiger partial charge is 0.407 e. The number of nitrogens with zero attached hydrogens (tertiary/aromatic N) is 4. The predicted molar refractivity (Wildman–Crippen MR) is 240 cm³/mol. The molecule has 3 fully saturated rings. The fraction of sp³-hybridized carbons (Fsp3) is 0.551. The zero-order valence-electron chi connectivity index (χ0n) is 38.4. The number of nitrogens with one attached hydrogen (secondary N) is 4. The minimum atomic E-state index is -0.715. The Balaban J connectivity index is 1.04. The molecule has 4 N–H and O–H groups in total. The maximum atomic E-state index is 14.1. The van der Waals surface area contributed by atoms with Gasteiger partial charge in [0.25, 0.3) is 0 Å². The number of hydrogen-bond donors (Lipinski definition) is 4. The fourth-order valence-electron chi connectivity index (χ4n) is 10.9. The molecule has 4 amide bonds. The largest absolute Gasteiger partial charge is 0.453 e. The molecule has 2 aromatic heterocycles. The predicted octanol–water partition coefficient (Wildman–Crippen LogP) is 8.86. The lowest BCUT2D eigenvalue weighted by Gasteiger charge is -2.30. The number of fused-ring (bicyclic) bond motifs is 5. The summed E-state index contributed by atoms with van der Waals surface area (Å²) in [5.74, 6) is 1.94. The van der Waals surface area contributed by atoms with Crippen molar-refractivity contribution in [3.8, 4) is 33.6 Å². The Hall–Kier alpha value is -5.66. The molecule has 6 atom stereocenters. The summed E-state index contributed by atoms with van der Waals surface area (Å²) in [5.41, 5.74) is 9.01. The Morgan fingerprint density at radius 2 is 1.08 bits per heavy atom. The molecule has 0 radical (unpaired) electrons. The van der Waals surface area contributed by atoms with Gasteiger partial charge >= 0.3 is 12.2 Å². The highest BCUT2D eigenvalue weighted by molar-refractivity contribution is 5.87. The van der Waals surface area contributed by atoms with E-state index >= 15 is 0 Å². The van der Waals surface area contributed by atoms with Crippen LogP contribution in [-0.4, -0.2) is 93.1 Å².